The Labute approximate surface area is 105 Å². The molecule has 0 bridgehead atoms. The van der Waals surface area contributed by atoms with Crippen LogP contribution in [0, 0.1) is 0 Å². The topological polar surface area (TPSA) is 41.6 Å². The van der Waals surface area contributed by atoms with Gasteiger partial charge in [-0.25, -0.2) is 0 Å². The Bertz CT molecular complexity index is 204. The number of carbonyl (C=O) groups excluding carboxylic acids is 1. The summed E-state index contributed by atoms with van der Waals surface area (Å²) < 4.78 is 5.22. The molecule has 0 unspecified atom stereocenters. The first-order valence-electron chi connectivity index (χ1n) is 6.91. The monoisotopic (exact) mass is 242 g/mol. The molecule has 0 radical (unpaired) electrons. The molecule has 1 N–H and O–H groups in total. The molecule has 4 heteroatoms. The second-order valence-electron chi connectivity index (χ2n) is 4.62. The van der Waals surface area contributed by atoms with Crippen LogP contribution in [-0.4, -0.2) is 50.2 Å². The van der Waals surface area contributed by atoms with Crippen molar-refractivity contribution < 1.29 is 9.53 Å². The van der Waals surface area contributed by atoms with Crippen LogP contribution in [0.2, 0.25) is 0 Å². The minimum Gasteiger partial charge on any atom is -0.464 e. The van der Waals surface area contributed by atoms with Crippen molar-refractivity contribution in [2.24, 2.45) is 0 Å². The molecule has 1 aliphatic rings. The number of esters is 1. The Hall–Kier alpha value is -0.610. The van der Waals surface area contributed by atoms with E-state index in [9.17, 15) is 4.79 Å². The van der Waals surface area contributed by atoms with Gasteiger partial charge in [0.1, 0.15) is 6.61 Å². The van der Waals surface area contributed by atoms with Gasteiger partial charge in [-0.05, 0) is 6.42 Å². The van der Waals surface area contributed by atoms with Gasteiger partial charge in [-0.15, -0.1) is 0 Å². The van der Waals surface area contributed by atoms with Crippen LogP contribution in [0.5, 0.6) is 0 Å². The number of rotatable bonds is 8. The zero-order valence-electron chi connectivity index (χ0n) is 11.0. The first kappa shape index (κ1) is 14.5. The normalized spacial score (nSPS) is 17.0. The Kier molecular flexibility index (Phi) is 8.01. The molecule has 17 heavy (non-hydrogen) atoms. The molecule has 4 nitrogen and oxygen atoms in total. The Balaban J connectivity index is 1.92. The molecular formula is C13H26N2O2. The van der Waals surface area contributed by atoms with Crippen molar-refractivity contribution in [3.8, 4) is 0 Å². The summed E-state index contributed by atoms with van der Waals surface area (Å²) in [4.78, 5) is 13.7. The van der Waals surface area contributed by atoms with E-state index < -0.39 is 0 Å². The number of nitrogens with one attached hydrogen (secondary N) is 1. The number of carbonyl (C=O) groups is 1. The van der Waals surface area contributed by atoms with Crippen LogP contribution in [0.25, 0.3) is 0 Å². The first-order valence-corrected chi connectivity index (χ1v) is 6.91. The molecule has 0 atom stereocenters. The van der Waals surface area contributed by atoms with Crippen molar-refractivity contribution in [1.82, 2.24) is 10.2 Å². The maximum absolute atomic E-state index is 11.4. The molecule has 1 saturated heterocycles. The highest BCUT2D eigenvalue weighted by Gasteiger charge is 2.09. The third-order valence-electron chi connectivity index (χ3n) is 3.11. The van der Waals surface area contributed by atoms with Crippen LogP contribution in [-0.2, 0) is 9.53 Å². The lowest BCUT2D eigenvalue weighted by molar-refractivity contribution is -0.144. The van der Waals surface area contributed by atoms with Crippen molar-refractivity contribution in [1.29, 1.82) is 0 Å². The quantitative estimate of drug-likeness (QED) is 0.516. The number of piperazine rings is 1. The van der Waals surface area contributed by atoms with E-state index in [-0.39, 0.29) is 5.97 Å². The number of hydrogen-bond donors (Lipinski definition) is 1. The molecular weight excluding hydrogens is 216 g/mol. The largest absolute Gasteiger partial charge is 0.464 e. The lowest BCUT2D eigenvalue weighted by Crippen LogP contribution is -2.44. The van der Waals surface area contributed by atoms with E-state index in [0.29, 0.717) is 13.0 Å². The average Bonchev–Trinajstić information content (AvgIpc) is 2.36. The summed E-state index contributed by atoms with van der Waals surface area (Å²) >= 11 is 0. The van der Waals surface area contributed by atoms with Gasteiger partial charge in [-0.3, -0.25) is 9.69 Å². The van der Waals surface area contributed by atoms with Crippen LogP contribution >= 0.6 is 0 Å². The van der Waals surface area contributed by atoms with Gasteiger partial charge in [0, 0.05) is 39.1 Å². The SMILES string of the molecule is CCCCCCC(=O)OCCN1CCNCC1. The van der Waals surface area contributed by atoms with Gasteiger partial charge in [0.25, 0.3) is 0 Å². The molecule has 0 aromatic heterocycles. The van der Waals surface area contributed by atoms with Crippen molar-refractivity contribution in [3.05, 3.63) is 0 Å². The van der Waals surface area contributed by atoms with E-state index >= 15 is 0 Å². The van der Waals surface area contributed by atoms with Crippen molar-refractivity contribution >= 4 is 5.97 Å². The van der Waals surface area contributed by atoms with Crippen LogP contribution in [0.4, 0.5) is 0 Å². The lowest BCUT2D eigenvalue weighted by Gasteiger charge is -2.26. The summed E-state index contributed by atoms with van der Waals surface area (Å²) in [7, 11) is 0. The highest BCUT2D eigenvalue weighted by atomic mass is 16.5. The highest BCUT2D eigenvalue weighted by molar-refractivity contribution is 5.69. The Morgan fingerprint density at radius 1 is 1.24 bits per heavy atom. The Morgan fingerprint density at radius 3 is 2.71 bits per heavy atom. The molecule has 0 saturated carbocycles. The molecule has 1 heterocycles. The van der Waals surface area contributed by atoms with Gasteiger partial charge < -0.3 is 10.1 Å². The molecule has 1 rings (SSSR count). The van der Waals surface area contributed by atoms with Crippen molar-refractivity contribution in [2.75, 3.05) is 39.3 Å². The number of unbranched alkanes of at least 4 members (excludes halogenated alkanes) is 3. The number of hydrogen-bond acceptors (Lipinski definition) is 4. The average molecular weight is 242 g/mol. The number of nitrogens with zero attached hydrogens (tertiary/aromatic N) is 1. The third-order valence-corrected chi connectivity index (χ3v) is 3.11. The van der Waals surface area contributed by atoms with Crippen LogP contribution in [0.1, 0.15) is 39.0 Å². The molecule has 0 aromatic rings. The minimum atomic E-state index is -0.0313. The summed E-state index contributed by atoms with van der Waals surface area (Å²) in [6.07, 6.45) is 5.12. The van der Waals surface area contributed by atoms with Crippen molar-refractivity contribution in [2.45, 2.75) is 39.0 Å². The molecule has 1 fully saturated rings. The molecule has 0 aromatic carbocycles. The second-order valence-corrected chi connectivity index (χ2v) is 4.62. The second kappa shape index (κ2) is 9.42. The van der Waals surface area contributed by atoms with Gasteiger partial charge in [0.15, 0.2) is 0 Å². The van der Waals surface area contributed by atoms with E-state index in [4.69, 9.17) is 4.74 Å². The number of ether oxygens (including phenoxy) is 1. The van der Waals surface area contributed by atoms with E-state index in [0.717, 1.165) is 45.6 Å². The highest BCUT2D eigenvalue weighted by Crippen LogP contribution is 2.03. The summed E-state index contributed by atoms with van der Waals surface area (Å²) in [6.45, 7) is 7.82. The van der Waals surface area contributed by atoms with Gasteiger partial charge in [0.2, 0.25) is 0 Å². The fraction of sp³-hybridized carbons (Fsp3) is 0.923. The molecule has 100 valence electrons. The standard InChI is InChI=1S/C13H26N2O2/c1-2-3-4-5-6-13(16)17-12-11-15-9-7-14-8-10-15/h14H,2-12H2,1H3. The predicted molar refractivity (Wildman–Crippen MR) is 69.0 cm³/mol. The fourth-order valence-electron chi connectivity index (χ4n) is 1.99. The fourth-order valence-corrected chi connectivity index (χ4v) is 1.99. The summed E-state index contributed by atoms with van der Waals surface area (Å²) in [5, 5.41) is 3.30. The molecule has 0 amide bonds. The van der Waals surface area contributed by atoms with Crippen LogP contribution in [0.3, 0.4) is 0 Å². The summed E-state index contributed by atoms with van der Waals surface area (Å²) in [5.41, 5.74) is 0. The predicted octanol–water partition coefficient (Wildman–Crippen LogP) is 1.41. The third kappa shape index (κ3) is 7.34. The van der Waals surface area contributed by atoms with Gasteiger partial charge >= 0.3 is 5.97 Å². The zero-order valence-corrected chi connectivity index (χ0v) is 11.0. The zero-order chi connectivity index (χ0) is 12.3. The van der Waals surface area contributed by atoms with Crippen molar-refractivity contribution in [3.63, 3.8) is 0 Å². The summed E-state index contributed by atoms with van der Waals surface area (Å²) in [6, 6.07) is 0. The maximum Gasteiger partial charge on any atom is 0.305 e. The smallest absolute Gasteiger partial charge is 0.305 e. The first-order chi connectivity index (χ1) is 8.33. The molecule has 0 aliphatic carbocycles. The van der Waals surface area contributed by atoms with E-state index in [2.05, 4.69) is 17.1 Å². The van der Waals surface area contributed by atoms with E-state index in [1.807, 2.05) is 0 Å². The van der Waals surface area contributed by atoms with Gasteiger partial charge in [-0.2, -0.15) is 0 Å². The van der Waals surface area contributed by atoms with Crippen LogP contribution in [0.15, 0.2) is 0 Å². The summed E-state index contributed by atoms with van der Waals surface area (Å²) in [5.74, 6) is -0.0313. The van der Waals surface area contributed by atoms with E-state index in [1.165, 1.54) is 12.8 Å². The lowest BCUT2D eigenvalue weighted by atomic mass is 10.2. The maximum atomic E-state index is 11.4. The van der Waals surface area contributed by atoms with Crippen LogP contribution < -0.4 is 5.32 Å². The van der Waals surface area contributed by atoms with E-state index in [1.54, 1.807) is 0 Å². The van der Waals surface area contributed by atoms with Gasteiger partial charge in [0.05, 0.1) is 0 Å². The van der Waals surface area contributed by atoms with Gasteiger partial charge in [-0.1, -0.05) is 26.2 Å². The molecule has 0 spiro atoms. The molecule has 1 aliphatic heterocycles. The Morgan fingerprint density at radius 2 is 2.00 bits per heavy atom. The minimum absolute atomic E-state index is 0.0313.